The Morgan fingerprint density at radius 1 is 0.975 bits per heavy atom. The molecular formula is C32H36N4O4. The van der Waals surface area contributed by atoms with Crippen LogP contribution in [0.5, 0.6) is 0 Å². The number of hydrogen-bond acceptors (Lipinski definition) is 4. The van der Waals surface area contributed by atoms with Crippen molar-refractivity contribution in [2.24, 2.45) is 0 Å². The summed E-state index contributed by atoms with van der Waals surface area (Å²) in [6.07, 6.45) is 1.17. The van der Waals surface area contributed by atoms with E-state index in [-0.39, 0.29) is 24.4 Å². The topological polar surface area (TPSA) is 112 Å². The van der Waals surface area contributed by atoms with E-state index in [0.29, 0.717) is 11.1 Å². The first-order valence-corrected chi connectivity index (χ1v) is 13.3. The van der Waals surface area contributed by atoms with Gasteiger partial charge in [-0.05, 0) is 91.9 Å². The Kier molecular flexibility index (Phi) is 8.28. The predicted molar refractivity (Wildman–Crippen MR) is 157 cm³/mol. The third kappa shape index (κ3) is 6.69. The standard InChI is InChI=1S/C32H36N4O4/c1-19-11-12-21(17-35-31(39)40-32(3,4)5)13-26(19)30(38)36-20(2)27-15-23(14-22-9-7-8-10-25(22)27)28-16-24(18-34-28)29(37)33-6/h7-16,18,20,34H,17H2,1-6H3,(H,33,37)(H,35,39)(H,36,38). The first-order valence-electron chi connectivity index (χ1n) is 13.3. The molecule has 1 unspecified atom stereocenters. The van der Waals surface area contributed by atoms with Crippen LogP contribution < -0.4 is 16.0 Å². The molecule has 4 aromatic rings. The SMILES string of the molecule is CNC(=O)c1c[nH]c(-c2cc(C(C)NC(=O)c3cc(CNC(=O)OC(C)(C)C)ccc3C)c3ccccc3c2)c1. The molecule has 0 aliphatic heterocycles. The molecule has 1 aromatic heterocycles. The molecule has 4 N–H and O–H groups in total. The van der Waals surface area contributed by atoms with Crippen LogP contribution in [0.15, 0.2) is 66.9 Å². The summed E-state index contributed by atoms with van der Waals surface area (Å²) >= 11 is 0. The summed E-state index contributed by atoms with van der Waals surface area (Å²) in [5.41, 5.74) is 4.80. The van der Waals surface area contributed by atoms with Crippen LogP contribution in [0.25, 0.3) is 22.0 Å². The van der Waals surface area contributed by atoms with Crippen LogP contribution in [0.4, 0.5) is 4.79 Å². The van der Waals surface area contributed by atoms with Gasteiger partial charge < -0.3 is 25.7 Å². The Morgan fingerprint density at radius 3 is 2.45 bits per heavy atom. The second kappa shape index (κ2) is 11.7. The minimum absolute atomic E-state index is 0.164. The first kappa shape index (κ1) is 28.4. The van der Waals surface area contributed by atoms with Gasteiger partial charge in [0, 0.05) is 31.0 Å². The number of H-pyrrole nitrogens is 1. The normalized spacial score (nSPS) is 12.1. The van der Waals surface area contributed by atoms with Gasteiger partial charge in [-0.1, -0.05) is 36.4 Å². The van der Waals surface area contributed by atoms with Crippen molar-refractivity contribution in [2.45, 2.75) is 52.8 Å². The number of carbonyl (C=O) groups is 3. The van der Waals surface area contributed by atoms with Crippen molar-refractivity contribution in [1.29, 1.82) is 0 Å². The molecule has 4 rings (SSSR count). The second-order valence-electron chi connectivity index (χ2n) is 10.9. The Bertz CT molecular complexity index is 1560. The summed E-state index contributed by atoms with van der Waals surface area (Å²) in [4.78, 5) is 40.8. The lowest BCUT2D eigenvalue weighted by molar-refractivity contribution is 0.0523. The number of rotatable bonds is 7. The zero-order chi connectivity index (χ0) is 29.0. The fourth-order valence-electron chi connectivity index (χ4n) is 4.55. The van der Waals surface area contributed by atoms with E-state index >= 15 is 0 Å². The Labute approximate surface area is 234 Å². The molecular weight excluding hydrogens is 504 g/mol. The highest BCUT2D eigenvalue weighted by atomic mass is 16.6. The van der Waals surface area contributed by atoms with Crippen molar-refractivity contribution in [3.8, 4) is 11.3 Å². The molecule has 0 radical (unpaired) electrons. The van der Waals surface area contributed by atoms with Crippen molar-refractivity contribution in [3.05, 3.63) is 94.7 Å². The molecule has 0 saturated carbocycles. The molecule has 8 nitrogen and oxygen atoms in total. The van der Waals surface area contributed by atoms with E-state index in [9.17, 15) is 14.4 Å². The minimum Gasteiger partial charge on any atom is -0.444 e. The van der Waals surface area contributed by atoms with Gasteiger partial charge in [0.25, 0.3) is 11.8 Å². The van der Waals surface area contributed by atoms with E-state index in [4.69, 9.17) is 4.74 Å². The molecule has 0 aliphatic carbocycles. The van der Waals surface area contributed by atoms with Crippen molar-refractivity contribution in [1.82, 2.24) is 20.9 Å². The lowest BCUT2D eigenvalue weighted by Crippen LogP contribution is -2.32. The van der Waals surface area contributed by atoms with Crippen molar-refractivity contribution in [3.63, 3.8) is 0 Å². The third-order valence-electron chi connectivity index (χ3n) is 6.57. The lowest BCUT2D eigenvalue weighted by Gasteiger charge is -2.20. The maximum Gasteiger partial charge on any atom is 0.407 e. The van der Waals surface area contributed by atoms with Gasteiger partial charge in [0.1, 0.15) is 5.60 Å². The molecule has 1 atom stereocenters. The average molecular weight is 541 g/mol. The van der Waals surface area contributed by atoms with Gasteiger partial charge in [-0.25, -0.2) is 4.79 Å². The van der Waals surface area contributed by atoms with Crippen LogP contribution >= 0.6 is 0 Å². The fourth-order valence-corrected chi connectivity index (χ4v) is 4.55. The predicted octanol–water partition coefficient (Wildman–Crippen LogP) is 6.02. The monoisotopic (exact) mass is 540 g/mol. The molecule has 3 amide bonds. The number of ether oxygens (including phenoxy) is 1. The van der Waals surface area contributed by atoms with E-state index in [2.05, 4.69) is 27.0 Å². The largest absolute Gasteiger partial charge is 0.444 e. The summed E-state index contributed by atoms with van der Waals surface area (Å²) in [6, 6.07) is 19.2. The molecule has 0 bridgehead atoms. The van der Waals surface area contributed by atoms with Gasteiger partial charge in [-0.15, -0.1) is 0 Å². The highest BCUT2D eigenvalue weighted by Crippen LogP contribution is 2.31. The Balaban J connectivity index is 1.57. The van der Waals surface area contributed by atoms with Crippen molar-refractivity contribution < 1.29 is 19.1 Å². The molecule has 0 aliphatic rings. The Hall–Kier alpha value is -4.59. The van der Waals surface area contributed by atoms with Gasteiger partial charge in [0.05, 0.1) is 11.6 Å². The van der Waals surface area contributed by atoms with Crippen LogP contribution in [0.1, 0.15) is 71.1 Å². The van der Waals surface area contributed by atoms with Crippen molar-refractivity contribution in [2.75, 3.05) is 7.05 Å². The van der Waals surface area contributed by atoms with Gasteiger partial charge in [0.2, 0.25) is 0 Å². The van der Waals surface area contributed by atoms with E-state index in [1.807, 2.05) is 62.4 Å². The number of aromatic nitrogens is 1. The number of amides is 3. The summed E-state index contributed by atoms with van der Waals surface area (Å²) < 4.78 is 5.31. The van der Waals surface area contributed by atoms with Gasteiger partial charge in [-0.2, -0.15) is 0 Å². The molecule has 0 fully saturated rings. The van der Waals surface area contributed by atoms with Crippen LogP contribution in [0, 0.1) is 6.92 Å². The zero-order valence-corrected chi connectivity index (χ0v) is 23.8. The minimum atomic E-state index is -0.590. The number of carbonyl (C=O) groups excluding carboxylic acids is 3. The van der Waals surface area contributed by atoms with Crippen LogP contribution in [0.2, 0.25) is 0 Å². The molecule has 1 heterocycles. The van der Waals surface area contributed by atoms with Gasteiger partial charge >= 0.3 is 6.09 Å². The number of aromatic amines is 1. The molecule has 0 spiro atoms. The van der Waals surface area contributed by atoms with Crippen LogP contribution in [-0.2, 0) is 11.3 Å². The average Bonchev–Trinajstić information content (AvgIpc) is 3.41. The van der Waals surface area contributed by atoms with Crippen LogP contribution in [-0.4, -0.2) is 35.5 Å². The summed E-state index contributed by atoms with van der Waals surface area (Å²) in [5.74, 6) is -0.372. The molecule has 3 aromatic carbocycles. The number of fused-ring (bicyclic) bond motifs is 1. The second-order valence-corrected chi connectivity index (χ2v) is 10.9. The number of aryl methyl sites for hydroxylation is 1. The van der Waals surface area contributed by atoms with E-state index < -0.39 is 11.7 Å². The quantitative estimate of drug-likeness (QED) is 0.230. The van der Waals surface area contributed by atoms with Crippen molar-refractivity contribution >= 4 is 28.7 Å². The maximum atomic E-state index is 13.5. The van der Waals surface area contributed by atoms with E-state index in [0.717, 1.165) is 38.7 Å². The summed E-state index contributed by atoms with van der Waals surface area (Å²) in [6.45, 7) is 9.50. The number of nitrogens with one attached hydrogen (secondary N) is 4. The summed E-state index contributed by atoms with van der Waals surface area (Å²) in [5, 5.41) is 10.6. The third-order valence-corrected chi connectivity index (χ3v) is 6.57. The molecule has 40 heavy (non-hydrogen) atoms. The molecule has 8 heteroatoms. The fraction of sp³-hybridized carbons (Fsp3) is 0.281. The highest BCUT2D eigenvalue weighted by molar-refractivity contribution is 5.98. The zero-order valence-electron chi connectivity index (χ0n) is 23.8. The van der Waals surface area contributed by atoms with Gasteiger partial charge in [0.15, 0.2) is 0 Å². The number of alkyl carbamates (subject to hydrolysis) is 1. The lowest BCUT2D eigenvalue weighted by atomic mass is 9.95. The van der Waals surface area contributed by atoms with E-state index in [1.165, 1.54) is 0 Å². The smallest absolute Gasteiger partial charge is 0.407 e. The van der Waals surface area contributed by atoms with Crippen LogP contribution in [0.3, 0.4) is 0 Å². The number of hydrogen-bond donors (Lipinski definition) is 4. The molecule has 0 saturated heterocycles. The maximum absolute atomic E-state index is 13.5. The van der Waals surface area contributed by atoms with E-state index in [1.54, 1.807) is 40.1 Å². The number of benzene rings is 3. The highest BCUT2D eigenvalue weighted by Gasteiger charge is 2.19. The Morgan fingerprint density at radius 2 is 1.73 bits per heavy atom. The molecule has 208 valence electrons. The first-order chi connectivity index (χ1) is 18.9. The summed E-state index contributed by atoms with van der Waals surface area (Å²) in [7, 11) is 1.60. The van der Waals surface area contributed by atoms with Gasteiger partial charge in [-0.3, -0.25) is 9.59 Å².